The Bertz CT molecular complexity index is 418. The van der Waals surface area contributed by atoms with Crippen LogP contribution in [0.4, 0.5) is 0 Å². The molecule has 0 aromatic rings. The molecule has 0 saturated carbocycles. The lowest BCUT2D eigenvalue weighted by atomic mass is 9.62. The van der Waals surface area contributed by atoms with Crippen LogP contribution in [0.1, 0.15) is 20.8 Å². The fraction of sp³-hybridized carbons (Fsp3) is 0.500. The van der Waals surface area contributed by atoms with Crippen LogP contribution in [0.25, 0.3) is 0 Å². The van der Waals surface area contributed by atoms with Gasteiger partial charge in [-0.2, -0.15) is 0 Å². The first-order valence-corrected chi connectivity index (χ1v) is 6.08. The van der Waals surface area contributed by atoms with Crippen molar-refractivity contribution >= 4 is 35.5 Å². The van der Waals surface area contributed by atoms with Crippen molar-refractivity contribution in [1.29, 1.82) is 0 Å². The van der Waals surface area contributed by atoms with Crippen LogP contribution in [-0.4, -0.2) is 21.4 Å². The highest BCUT2D eigenvalue weighted by Crippen LogP contribution is 2.47. The minimum Gasteiger partial charge on any atom is -0.388 e. The van der Waals surface area contributed by atoms with Crippen LogP contribution in [0, 0.1) is 10.8 Å². The Morgan fingerprint density at radius 3 is 2.18 bits per heavy atom. The Morgan fingerprint density at radius 1 is 1.35 bits per heavy atom. The van der Waals surface area contributed by atoms with Crippen LogP contribution in [0.2, 0.25) is 0 Å². The van der Waals surface area contributed by atoms with Gasteiger partial charge in [-0.15, -0.1) is 25.3 Å². The number of hydrogen-bond acceptors (Lipinski definition) is 3. The van der Waals surface area contributed by atoms with E-state index in [-0.39, 0.29) is 5.57 Å². The van der Waals surface area contributed by atoms with Crippen LogP contribution < -0.4 is 0 Å². The van der Waals surface area contributed by atoms with Gasteiger partial charge in [0.15, 0.2) is 5.12 Å². The van der Waals surface area contributed by atoms with E-state index >= 15 is 0 Å². The first kappa shape index (κ1) is 14.5. The normalized spacial score (nSPS) is 28.8. The largest absolute Gasteiger partial charge is 0.388 e. The molecule has 0 amide bonds. The molecular formula is C12H16O3S2. The fourth-order valence-electron chi connectivity index (χ4n) is 2.03. The maximum atomic E-state index is 11.8. The van der Waals surface area contributed by atoms with Crippen molar-refractivity contribution in [3.8, 4) is 0 Å². The number of carbonyl (C=O) groups excluding carboxylic acids is 2. The molecule has 0 aromatic carbocycles. The number of hydrogen-bond donors (Lipinski definition) is 3. The van der Waals surface area contributed by atoms with Crippen molar-refractivity contribution in [1.82, 2.24) is 0 Å². The van der Waals surface area contributed by atoms with Gasteiger partial charge in [-0.1, -0.05) is 32.9 Å². The zero-order valence-electron chi connectivity index (χ0n) is 9.97. The molecule has 0 spiro atoms. The van der Waals surface area contributed by atoms with Crippen molar-refractivity contribution in [2.45, 2.75) is 26.9 Å². The summed E-state index contributed by atoms with van der Waals surface area (Å²) in [7, 11) is 0. The van der Waals surface area contributed by atoms with Crippen LogP contribution >= 0.6 is 25.3 Å². The third-order valence-corrected chi connectivity index (χ3v) is 3.80. The quantitative estimate of drug-likeness (QED) is 0.672. The highest BCUT2D eigenvalue weighted by molar-refractivity contribution is 7.97. The standard InChI is InChI=1S/C12H16O3S2/c1-11(2,3)12(10(15)17)5-4-7(9(14)16)6-8(12)13/h4-6,8,13H,1-3H3,(H,14,16)(H,15,17). The number of aliphatic hydroxyl groups is 1. The molecular weight excluding hydrogens is 256 g/mol. The molecule has 94 valence electrons. The fourth-order valence-corrected chi connectivity index (χ4v) is 2.72. The van der Waals surface area contributed by atoms with E-state index in [4.69, 9.17) is 0 Å². The van der Waals surface area contributed by atoms with Gasteiger partial charge in [0.25, 0.3) is 0 Å². The van der Waals surface area contributed by atoms with Gasteiger partial charge >= 0.3 is 0 Å². The molecule has 3 nitrogen and oxygen atoms in total. The number of rotatable bonds is 2. The van der Waals surface area contributed by atoms with Gasteiger partial charge in [0.2, 0.25) is 5.12 Å². The molecule has 17 heavy (non-hydrogen) atoms. The SMILES string of the molecule is CC(C)(C)C1(C(=O)S)C=CC(C(=O)S)=CC1O. The average molecular weight is 272 g/mol. The van der Waals surface area contributed by atoms with E-state index in [2.05, 4.69) is 25.3 Å². The summed E-state index contributed by atoms with van der Waals surface area (Å²) in [6.07, 6.45) is 3.34. The molecule has 0 aliphatic heterocycles. The zero-order valence-corrected chi connectivity index (χ0v) is 11.8. The molecule has 1 N–H and O–H groups in total. The highest BCUT2D eigenvalue weighted by Gasteiger charge is 2.51. The molecule has 0 fully saturated rings. The lowest BCUT2D eigenvalue weighted by Crippen LogP contribution is -2.49. The van der Waals surface area contributed by atoms with Crippen molar-refractivity contribution in [3.05, 3.63) is 23.8 Å². The molecule has 0 heterocycles. The predicted octanol–water partition coefficient (Wildman–Crippen LogP) is 1.79. The van der Waals surface area contributed by atoms with Crippen molar-refractivity contribution in [2.75, 3.05) is 0 Å². The van der Waals surface area contributed by atoms with Crippen LogP contribution in [0.15, 0.2) is 23.8 Å². The Morgan fingerprint density at radius 2 is 1.88 bits per heavy atom. The second-order valence-corrected chi connectivity index (χ2v) is 5.94. The predicted molar refractivity (Wildman–Crippen MR) is 73.1 cm³/mol. The maximum absolute atomic E-state index is 11.8. The lowest BCUT2D eigenvalue weighted by molar-refractivity contribution is -0.128. The van der Waals surface area contributed by atoms with E-state index in [1.165, 1.54) is 12.2 Å². The van der Waals surface area contributed by atoms with E-state index in [1.54, 1.807) is 6.08 Å². The van der Waals surface area contributed by atoms with Crippen LogP contribution in [0.3, 0.4) is 0 Å². The third-order valence-electron chi connectivity index (χ3n) is 3.17. The molecule has 1 rings (SSSR count). The molecule has 0 saturated heterocycles. The van der Waals surface area contributed by atoms with E-state index in [9.17, 15) is 14.7 Å². The molecule has 0 radical (unpaired) electrons. The Kier molecular flexibility index (Phi) is 3.96. The van der Waals surface area contributed by atoms with Gasteiger partial charge in [-0.25, -0.2) is 0 Å². The Hall–Kier alpha value is -0.520. The summed E-state index contributed by atoms with van der Waals surface area (Å²) in [5, 5.41) is 9.30. The monoisotopic (exact) mass is 272 g/mol. The molecule has 1 aliphatic rings. The molecule has 2 atom stereocenters. The molecule has 0 bridgehead atoms. The van der Waals surface area contributed by atoms with E-state index in [0.29, 0.717) is 0 Å². The smallest absolute Gasteiger partial charge is 0.216 e. The minimum absolute atomic E-state index is 0.287. The summed E-state index contributed by atoms with van der Waals surface area (Å²) in [5.41, 5.74) is -1.35. The van der Waals surface area contributed by atoms with Gasteiger partial charge in [0.05, 0.1) is 11.5 Å². The maximum Gasteiger partial charge on any atom is 0.216 e. The molecule has 5 heteroatoms. The van der Waals surface area contributed by atoms with Crippen molar-refractivity contribution in [3.63, 3.8) is 0 Å². The minimum atomic E-state index is -1.12. The summed E-state index contributed by atoms with van der Waals surface area (Å²) in [6.45, 7) is 5.53. The zero-order chi connectivity index (χ0) is 13.4. The first-order valence-electron chi connectivity index (χ1n) is 5.19. The molecule has 1 aliphatic carbocycles. The summed E-state index contributed by atoms with van der Waals surface area (Å²) in [4.78, 5) is 22.9. The highest BCUT2D eigenvalue weighted by atomic mass is 32.1. The number of allylic oxidation sites excluding steroid dienone is 1. The number of aliphatic hydroxyl groups excluding tert-OH is 1. The van der Waals surface area contributed by atoms with Gasteiger partial charge in [0.1, 0.15) is 0 Å². The van der Waals surface area contributed by atoms with Crippen LogP contribution in [-0.2, 0) is 9.59 Å². The third kappa shape index (κ3) is 2.37. The molecule has 0 aromatic heterocycles. The van der Waals surface area contributed by atoms with Crippen molar-refractivity contribution in [2.24, 2.45) is 10.8 Å². The summed E-state index contributed by atoms with van der Waals surface area (Å²) < 4.78 is 0. The van der Waals surface area contributed by atoms with E-state index < -0.39 is 27.2 Å². The Balaban J connectivity index is 3.29. The van der Waals surface area contributed by atoms with E-state index in [0.717, 1.165) is 0 Å². The van der Waals surface area contributed by atoms with Gasteiger partial charge in [-0.05, 0) is 11.5 Å². The lowest BCUT2D eigenvalue weighted by Gasteiger charge is -2.44. The second kappa shape index (κ2) is 4.63. The first-order chi connectivity index (χ1) is 7.63. The summed E-state index contributed by atoms with van der Waals surface area (Å²) in [6, 6.07) is 0. The van der Waals surface area contributed by atoms with E-state index in [1.807, 2.05) is 20.8 Å². The summed E-state index contributed by atoms with van der Waals surface area (Å²) in [5.74, 6) is 0. The average Bonchev–Trinajstić information content (AvgIpc) is 2.14. The van der Waals surface area contributed by atoms with Gasteiger partial charge < -0.3 is 5.11 Å². The summed E-state index contributed by atoms with van der Waals surface area (Å²) >= 11 is 7.57. The van der Waals surface area contributed by atoms with Gasteiger partial charge in [0, 0.05) is 5.57 Å². The number of carbonyl (C=O) groups is 2. The molecule has 2 unspecified atom stereocenters. The number of thiol groups is 2. The van der Waals surface area contributed by atoms with Gasteiger partial charge in [-0.3, -0.25) is 9.59 Å². The topological polar surface area (TPSA) is 54.4 Å². The second-order valence-electron chi connectivity index (χ2n) is 5.13. The van der Waals surface area contributed by atoms with Crippen LogP contribution in [0.5, 0.6) is 0 Å². The van der Waals surface area contributed by atoms with Crippen molar-refractivity contribution < 1.29 is 14.7 Å². The Labute approximate surface area is 112 Å².